The fourth-order valence-electron chi connectivity index (χ4n) is 2.91. The van der Waals surface area contributed by atoms with Crippen molar-refractivity contribution in [2.24, 2.45) is 0 Å². The fourth-order valence-corrected chi connectivity index (χ4v) is 5.10. The van der Waals surface area contributed by atoms with E-state index >= 15 is 0 Å². The minimum Gasteiger partial charge on any atom is -0.337 e. The van der Waals surface area contributed by atoms with Gasteiger partial charge in [-0.15, -0.1) is 11.8 Å². The van der Waals surface area contributed by atoms with E-state index in [-0.39, 0.29) is 5.91 Å². The molecule has 2 aromatic heterocycles. The zero-order chi connectivity index (χ0) is 20.9. The van der Waals surface area contributed by atoms with E-state index in [1.165, 1.54) is 23.1 Å². The second-order valence-electron chi connectivity index (χ2n) is 6.55. The fraction of sp³-hybridized carbons (Fsp3) is 0.190. The number of fused-ring (bicyclic) bond motifs is 1. The molecule has 0 spiro atoms. The molecule has 0 aliphatic rings. The lowest BCUT2D eigenvalue weighted by atomic mass is 10.3. The van der Waals surface area contributed by atoms with Crippen molar-refractivity contribution in [2.45, 2.75) is 17.9 Å². The zero-order valence-electron chi connectivity index (χ0n) is 15.9. The number of aromatic nitrogens is 3. The maximum Gasteiger partial charge on any atom is 0.239 e. The van der Waals surface area contributed by atoms with Gasteiger partial charge in [0.15, 0.2) is 5.13 Å². The summed E-state index contributed by atoms with van der Waals surface area (Å²) < 4.78 is 2.97. The molecule has 2 heterocycles. The molecular weight excluding hydrogens is 459 g/mol. The number of anilines is 1. The number of amides is 1. The van der Waals surface area contributed by atoms with Crippen LogP contribution in [0, 0.1) is 0 Å². The molecular formula is C21H18Cl2N4OS2. The number of hydrogen-bond acceptors (Lipinski definition) is 5. The first kappa shape index (κ1) is 21.2. The van der Waals surface area contributed by atoms with Crippen LogP contribution in [0.1, 0.15) is 6.42 Å². The highest BCUT2D eigenvalue weighted by Gasteiger charge is 2.20. The summed E-state index contributed by atoms with van der Waals surface area (Å²) >= 11 is 15.0. The summed E-state index contributed by atoms with van der Waals surface area (Å²) in [5, 5.41) is 2.04. The zero-order valence-corrected chi connectivity index (χ0v) is 19.0. The van der Waals surface area contributed by atoms with Crippen LogP contribution >= 0.6 is 46.3 Å². The van der Waals surface area contributed by atoms with Gasteiger partial charge in [0.05, 0.1) is 22.3 Å². The molecule has 0 N–H and O–H groups in total. The third kappa shape index (κ3) is 5.35. The number of halogens is 2. The first-order valence-electron chi connectivity index (χ1n) is 9.29. The van der Waals surface area contributed by atoms with E-state index in [1.54, 1.807) is 17.4 Å². The van der Waals surface area contributed by atoms with Crippen LogP contribution < -0.4 is 4.90 Å². The molecule has 0 saturated carbocycles. The van der Waals surface area contributed by atoms with Crippen LogP contribution in [0.2, 0.25) is 10.0 Å². The van der Waals surface area contributed by atoms with E-state index in [9.17, 15) is 4.79 Å². The Morgan fingerprint density at radius 2 is 1.93 bits per heavy atom. The van der Waals surface area contributed by atoms with E-state index in [1.807, 2.05) is 53.2 Å². The van der Waals surface area contributed by atoms with Crippen LogP contribution in [0.15, 0.2) is 66.1 Å². The summed E-state index contributed by atoms with van der Waals surface area (Å²) in [5.74, 6) is 0.342. The van der Waals surface area contributed by atoms with Crippen LogP contribution in [0.4, 0.5) is 5.13 Å². The summed E-state index contributed by atoms with van der Waals surface area (Å²) in [5.41, 5.74) is 0.845. The van der Waals surface area contributed by atoms with Crippen LogP contribution in [0.5, 0.6) is 0 Å². The molecule has 9 heteroatoms. The van der Waals surface area contributed by atoms with E-state index in [4.69, 9.17) is 23.2 Å². The second kappa shape index (κ2) is 9.83. The van der Waals surface area contributed by atoms with Gasteiger partial charge in [-0.3, -0.25) is 9.69 Å². The summed E-state index contributed by atoms with van der Waals surface area (Å²) in [6, 6.07) is 13.1. The number of thioether (sulfide) groups is 1. The maximum absolute atomic E-state index is 13.1. The molecule has 4 aromatic rings. The minimum atomic E-state index is 0.0192. The largest absolute Gasteiger partial charge is 0.337 e. The normalized spacial score (nSPS) is 11.1. The van der Waals surface area contributed by atoms with Gasteiger partial charge >= 0.3 is 0 Å². The number of hydrogen-bond donors (Lipinski definition) is 0. The second-order valence-corrected chi connectivity index (χ2v) is 9.48. The first-order valence-corrected chi connectivity index (χ1v) is 11.8. The summed E-state index contributed by atoms with van der Waals surface area (Å²) in [6.45, 7) is 1.36. The Balaban J connectivity index is 1.50. The van der Waals surface area contributed by atoms with Crippen LogP contribution in [0.3, 0.4) is 0 Å². The molecule has 0 aliphatic heterocycles. The van der Waals surface area contributed by atoms with Crippen molar-refractivity contribution < 1.29 is 4.79 Å². The highest BCUT2D eigenvalue weighted by Crippen LogP contribution is 2.31. The average Bonchev–Trinajstić information content (AvgIpc) is 3.40. The van der Waals surface area contributed by atoms with Gasteiger partial charge in [0.2, 0.25) is 5.91 Å². The van der Waals surface area contributed by atoms with Crippen molar-refractivity contribution in [3.63, 3.8) is 0 Å². The number of benzene rings is 2. The Labute approximate surface area is 192 Å². The molecule has 0 saturated heterocycles. The number of rotatable bonds is 8. The number of thiazole rings is 1. The maximum atomic E-state index is 13.1. The summed E-state index contributed by atoms with van der Waals surface area (Å²) in [4.78, 5) is 24.6. The molecule has 0 bridgehead atoms. The first-order chi connectivity index (χ1) is 14.6. The molecule has 0 unspecified atom stereocenters. The number of nitrogens with zero attached hydrogens (tertiary/aromatic N) is 4. The van der Waals surface area contributed by atoms with E-state index < -0.39 is 0 Å². The molecule has 0 radical (unpaired) electrons. The van der Waals surface area contributed by atoms with Gasteiger partial charge in [0.1, 0.15) is 0 Å². The Bertz CT molecular complexity index is 1130. The van der Waals surface area contributed by atoms with Crippen molar-refractivity contribution in [1.82, 2.24) is 14.5 Å². The molecule has 5 nitrogen and oxygen atoms in total. The molecule has 0 aliphatic carbocycles. The number of carbonyl (C=O) groups is 1. The van der Waals surface area contributed by atoms with Crippen LogP contribution in [-0.4, -0.2) is 32.7 Å². The molecule has 4 rings (SSSR count). The molecule has 1 amide bonds. The SMILES string of the molecule is O=C(CSc1ccc(Cl)cc1)N(CCCn1ccnc1)c1nc2ccc(Cl)cc2s1. The number of imidazole rings is 1. The highest BCUT2D eigenvalue weighted by molar-refractivity contribution is 8.00. The van der Waals surface area contributed by atoms with Gasteiger partial charge in [-0.2, -0.15) is 0 Å². The van der Waals surface area contributed by atoms with Crippen LogP contribution in [0.25, 0.3) is 10.2 Å². The van der Waals surface area contributed by atoms with Gasteiger partial charge in [0, 0.05) is 40.4 Å². The van der Waals surface area contributed by atoms with E-state index in [0.717, 1.165) is 28.1 Å². The quantitative estimate of drug-likeness (QED) is 0.292. The van der Waals surface area contributed by atoms with Crippen LogP contribution in [-0.2, 0) is 11.3 Å². The van der Waals surface area contributed by atoms with Crippen molar-refractivity contribution in [1.29, 1.82) is 0 Å². The predicted molar refractivity (Wildman–Crippen MR) is 126 cm³/mol. The average molecular weight is 477 g/mol. The van der Waals surface area contributed by atoms with Gasteiger partial charge in [-0.25, -0.2) is 9.97 Å². The topological polar surface area (TPSA) is 51.0 Å². The lowest BCUT2D eigenvalue weighted by molar-refractivity contribution is -0.116. The highest BCUT2D eigenvalue weighted by atomic mass is 35.5. The summed E-state index contributed by atoms with van der Waals surface area (Å²) in [6.07, 6.45) is 6.25. The van der Waals surface area contributed by atoms with Crippen molar-refractivity contribution in [3.8, 4) is 0 Å². The van der Waals surface area contributed by atoms with Gasteiger partial charge in [0.25, 0.3) is 0 Å². The molecule has 154 valence electrons. The molecule has 30 heavy (non-hydrogen) atoms. The molecule has 0 atom stereocenters. The Morgan fingerprint density at radius 1 is 1.13 bits per heavy atom. The van der Waals surface area contributed by atoms with Gasteiger partial charge < -0.3 is 4.57 Å². The molecule has 0 fully saturated rings. The Kier molecular flexibility index (Phi) is 6.94. The minimum absolute atomic E-state index is 0.0192. The lowest BCUT2D eigenvalue weighted by Gasteiger charge is -2.20. The van der Waals surface area contributed by atoms with Gasteiger partial charge in [-0.1, -0.05) is 34.5 Å². The van der Waals surface area contributed by atoms with E-state index in [0.29, 0.717) is 27.5 Å². The monoisotopic (exact) mass is 476 g/mol. The number of aryl methyl sites for hydroxylation is 1. The molecule has 2 aromatic carbocycles. The Hall–Kier alpha value is -2.06. The third-order valence-corrected chi connectivity index (χ3v) is 6.93. The smallest absolute Gasteiger partial charge is 0.239 e. The van der Waals surface area contributed by atoms with Crippen molar-refractivity contribution in [3.05, 3.63) is 71.2 Å². The summed E-state index contributed by atoms with van der Waals surface area (Å²) in [7, 11) is 0. The predicted octanol–water partition coefficient (Wildman–Crippen LogP) is 6.02. The number of carbonyl (C=O) groups excluding carboxylic acids is 1. The lowest BCUT2D eigenvalue weighted by Crippen LogP contribution is -2.33. The Morgan fingerprint density at radius 3 is 2.70 bits per heavy atom. The standard InChI is InChI=1S/C21H18Cl2N4OS2/c22-15-2-5-17(6-3-15)29-13-20(28)27(10-1-9-26-11-8-24-14-26)21-25-18-7-4-16(23)12-19(18)30-21/h2-8,11-12,14H,1,9-10,13H2. The van der Waals surface area contributed by atoms with Crippen molar-refractivity contribution in [2.75, 3.05) is 17.2 Å². The third-order valence-electron chi connectivity index (χ3n) is 4.40. The van der Waals surface area contributed by atoms with Crippen molar-refractivity contribution >= 4 is 67.6 Å². The van der Waals surface area contributed by atoms with E-state index in [2.05, 4.69) is 9.97 Å². The van der Waals surface area contributed by atoms with Gasteiger partial charge in [-0.05, 0) is 48.9 Å².